The fourth-order valence-electron chi connectivity index (χ4n) is 2.70. The third-order valence-electron chi connectivity index (χ3n) is 4.00. The summed E-state index contributed by atoms with van der Waals surface area (Å²) in [6, 6.07) is 9.14. The molecule has 0 atom stereocenters. The minimum atomic E-state index is -0.0291. The van der Waals surface area contributed by atoms with Gasteiger partial charge in [-0.1, -0.05) is 30.3 Å². The lowest BCUT2D eigenvalue weighted by atomic mass is 10.1. The first-order chi connectivity index (χ1) is 11.2. The van der Waals surface area contributed by atoms with Crippen molar-refractivity contribution in [3.8, 4) is 0 Å². The van der Waals surface area contributed by atoms with E-state index < -0.39 is 0 Å². The topological polar surface area (TPSA) is 66.5 Å². The molecule has 0 spiro atoms. The summed E-state index contributed by atoms with van der Waals surface area (Å²) < 4.78 is 0. The molecule has 1 N–H and O–H groups in total. The van der Waals surface area contributed by atoms with Crippen LogP contribution in [0.25, 0.3) is 0 Å². The minimum Gasteiger partial charge on any atom is -0.356 e. The van der Waals surface area contributed by atoms with Crippen LogP contribution in [0.15, 0.2) is 30.3 Å². The third-order valence-corrected chi connectivity index (χ3v) is 4.00. The van der Waals surface area contributed by atoms with Crippen LogP contribution >= 0.6 is 0 Å². The van der Waals surface area contributed by atoms with Crippen LogP contribution in [0.2, 0.25) is 0 Å². The van der Waals surface area contributed by atoms with Gasteiger partial charge in [0.1, 0.15) is 0 Å². The van der Waals surface area contributed by atoms with Crippen LogP contribution in [0.4, 0.5) is 0 Å². The number of ketones is 1. The third kappa shape index (κ3) is 5.85. The number of rotatable bonds is 9. The van der Waals surface area contributed by atoms with E-state index in [-0.39, 0.29) is 17.6 Å². The van der Waals surface area contributed by atoms with Crippen LogP contribution in [0, 0.1) is 0 Å². The van der Waals surface area contributed by atoms with Gasteiger partial charge in [0, 0.05) is 44.5 Å². The lowest BCUT2D eigenvalue weighted by Crippen LogP contribution is -2.30. The number of amides is 2. The Hall–Kier alpha value is -2.17. The zero-order valence-corrected chi connectivity index (χ0v) is 13.4. The summed E-state index contributed by atoms with van der Waals surface area (Å²) in [6.45, 7) is 2.13. The molecule has 1 aromatic carbocycles. The fourth-order valence-corrected chi connectivity index (χ4v) is 2.70. The molecule has 1 heterocycles. The van der Waals surface area contributed by atoms with Gasteiger partial charge in [0.2, 0.25) is 11.8 Å². The normalized spacial score (nSPS) is 14.1. The molecule has 0 saturated carbocycles. The van der Waals surface area contributed by atoms with Gasteiger partial charge in [-0.15, -0.1) is 0 Å². The second-order valence-electron chi connectivity index (χ2n) is 5.83. The number of carbonyl (C=O) groups excluding carboxylic acids is 3. The first-order valence-corrected chi connectivity index (χ1v) is 8.29. The molecule has 1 aromatic rings. The molecule has 5 nitrogen and oxygen atoms in total. The molecule has 2 rings (SSSR count). The predicted octanol–water partition coefficient (Wildman–Crippen LogP) is 2.17. The smallest absolute Gasteiger partial charge is 0.222 e. The van der Waals surface area contributed by atoms with Crippen LogP contribution in [0.1, 0.15) is 48.9 Å². The maximum atomic E-state index is 11.9. The van der Waals surface area contributed by atoms with E-state index in [9.17, 15) is 14.4 Å². The zero-order valence-electron chi connectivity index (χ0n) is 13.4. The molecule has 1 saturated heterocycles. The fraction of sp³-hybridized carbons (Fsp3) is 0.500. The summed E-state index contributed by atoms with van der Waals surface area (Å²) >= 11 is 0. The summed E-state index contributed by atoms with van der Waals surface area (Å²) in [5.74, 6) is 0.264. The van der Waals surface area contributed by atoms with E-state index >= 15 is 0 Å². The van der Waals surface area contributed by atoms with Gasteiger partial charge < -0.3 is 10.2 Å². The van der Waals surface area contributed by atoms with E-state index in [1.165, 1.54) is 0 Å². The van der Waals surface area contributed by atoms with Gasteiger partial charge in [0.05, 0.1) is 0 Å². The quantitative estimate of drug-likeness (QED) is 0.561. The Labute approximate surface area is 137 Å². The highest BCUT2D eigenvalue weighted by Crippen LogP contribution is 2.09. The molecule has 0 aliphatic carbocycles. The van der Waals surface area contributed by atoms with E-state index in [2.05, 4.69) is 5.32 Å². The minimum absolute atomic E-state index is 0.0291. The van der Waals surface area contributed by atoms with Crippen LogP contribution in [0.3, 0.4) is 0 Å². The number of likely N-dealkylation sites (tertiary alicyclic amines) is 1. The monoisotopic (exact) mass is 316 g/mol. The van der Waals surface area contributed by atoms with Crippen molar-refractivity contribution in [3.05, 3.63) is 35.9 Å². The first kappa shape index (κ1) is 17.2. The maximum absolute atomic E-state index is 11.9. The lowest BCUT2D eigenvalue weighted by Gasteiger charge is -2.15. The Morgan fingerprint density at radius 3 is 2.57 bits per heavy atom. The predicted molar refractivity (Wildman–Crippen MR) is 88.1 cm³/mol. The van der Waals surface area contributed by atoms with Gasteiger partial charge >= 0.3 is 0 Å². The number of hydrogen-bond acceptors (Lipinski definition) is 3. The van der Waals surface area contributed by atoms with Crippen molar-refractivity contribution >= 4 is 17.6 Å². The van der Waals surface area contributed by atoms with Gasteiger partial charge in [0.25, 0.3) is 0 Å². The number of benzene rings is 1. The summed E-state index contributed by atoms with van der Waals surface area (Å²) in [6.07, 6.45) is 3.69. The summed E-state index contributed by atoms with van der Waals surface area (Å²) in [5, 5.41) is 2.85. The molecule has 1 fully saturated rings. The van der Waals surface area contributed by atoms with Crippen molar-refractivity contribution in [2.45, 2.75) is 38.5 Å². The Bertz CT molecular complexity index is 542. The average molecular weight is 316 g/mol. The first-order valence-electron chi connectivity index (χ1n) is 8.29. The van der Waals surface area contributed by atoms with Gasteiger partial charge in [0.15, 0.2) is 5.78 Å². The molecular formula is C18H24N2O3. The molecule has 0 radical (unpaired) electrons. The highest BCUT2D eigenvalue weighted by molar-refractivity contribution is 5.96. The molecule has 23 heavy (non-hydrogen) atoms. The van der Waals surface area contributed by atoms with Gasteiger partial charge in [-0.25, -0.2) is 0 Å². The van der Waals surface area contributed by atoms with E-state index in [0.717, 1.165) is 19.4 Å². The Morgan fingerprint density at radius 1 is 1.09 bits per heavy atom. The Kier molecular flexibility index (Phi) is 6.78. The van der Waals surface area contributed by atoms with E-state index in [1.807, 2.05) is 23.1 Å². The Morgan fingerprint density at radius 2 is 1.87 bits per heavy atom. The van der Waals surface area contributed by atoms with E-state index in [1.54, 1.807) is 12.1 Å². The molecule has 1 aliphatic rings. The molecule has 1 aliphatic heterocycles. The van der Waals surface area contributed by atoms with Crippen LogP contribution in [-0.4, -0.2) is 42.1 Å². The van der Waals surface area contributed by atoms with Crippen LogP contribution in [-0.2, 0) is 9.59 Å². The van der Waals surface area contributed by atoms with Crippen molar-refractivity contribution in [2.24, 2.45) is 0 Å². The molecule has 0 bridgehead atoms. The van der Waals surface area contributed by atoms with Gasteiger partial charge in [-0.2, -0.15) is 0 Å². The largest absolute Gasteiger partial charge is 0.356 e. The maximum Gasteiger partial charge on any atom is 0.222 e. The van der Waals surface area contributed by atoms with Crippen molar-refractivity contribution in [3.63, 3.8) is 0 Å². The van der Waals surface area contributed by atoms with Crippen LogP contribution < -0.4 is 5.32 Å². The second-order valence-corrected chi connectivity index (χ2v) is 5.83. The summed E-state index contributed by atoms with van der Waals surface area (Å²) in [4.78, 5) is 36.9. The second kappa shape index (κ2) is 9.08. The highest BCUT2D eigenvalue weighted by Gasteiger charge is 2.18. The Balaban J connectivity index is 1.53. The SMILES string of the molecule is O=C(CCCC(=O)c1ccccc1)NCCCN1CCCC1=O. The molecule has 124 valence electrons. The molecular weight excluding hydrogens is 292 g/mol. The van der Waals surface area contributed by atoms with Crippen molar-refractivity contribution in [2.75, 3.05) is 19.6 Å². The van der Waals surface area contributed by atoms with Crippen molar-refractivity contribution in [1.82, 2.24) is 10.2 Å². The van der Waals surface area contributed by atoms with E-state index in [4.69, 9.17) is 0 Å². The molecule has 5 heteroatoms. The van der Waals surface area contributed by atoms with E-state index in [0.29, 0.717) is 44.3 Å². The standard InChI is InChI=1S/C18H24N2O3/c21-16(15-7-2-1-3-8-15)9-4-10-17(22)19-12-6-14-20-13-5-11-18(20)23/h1-3,7-8H,4-6,9-14H2,(H,19,22). The van der Waals surface area contributed by atoms with Gasteiger partial charge in [-0.05, 0) is 19.3 Å². The van der Waals surface area contributed by atoms with Crippen molar-refractivity contribution < 1.29 is 14.4 Å². The molecule has 0 unspecified atom stereocenters. The summed E-state index contributed by atoms with van der Waals surface area (Å²) in [7, 11) is 0. The molecule has 2 amide bonds. The lowest BCUT2D eigenvalue weighted by molar-refractivity contribution is -0.127. The number of Topliss-reactive ketones (excluding diaryl/α,β-unsaturated/α-hetero) is 1. The number of hydrogen-bond donors (Lipinski definition) is 1. The zero-order chi connectivity index (χ0) is 16.5. The highest BCUT2D eigenvalue weighted by atomic mass is 16.2. The number of nitrogens with zero attached hydrogens (tertiary/aromatic N) is 1. The average Bonchev–Trinajstić information content (AvgIpc) is 2.97. The van der Waals surface area contributed by atoms with Crippen LogP contribution in [0.5, 0.6) is 0 Å². The van der Waals surface area contributed by atoms with Gasteiger partial charge in [-0.3, -0.25) is 14.4 Å². The number of nitrogens with one attached hydrogen (secondary N) is 1. The van der Waals surface area contributed by atoms with Crippen molar-refractivity contribution in [1.29, 1.82) is 0 Å². The summed E-state index contributed by atoms with van der Waals surface area (Å²) in [5.41, 5.74) is 0.697. The number of carbonyl (C=O) groups is 3. The molecule has 0 aromatic heterocycles.